The molecule has 0 aromatic heterocycles. The minimum absolute atomic E-state index is 0.238. The monoisotopic (exact) mass is 204 g/mol. The van der Waals surface area contributed by atoms with Gasteiger partial charge in [0.25, 0.3) is 0 Å². The number of rotatable bonds is 1. The van der Waals surface area contributed by atoms with Crippen molar-refractivity contribution >= 4 is 17.7 Å². The Morgan fingerprint density at radius 3 is 2.67 bits per heavy atom. The number of ether oxygens (including phenoxy) is 2. The summed E-state index contributed by atoms with van der Waals surface area (Å²) >= 11 is 0. The largest absolute Gasteiger partial charge is 0.466 e. The minimum Gasteiger partial charge on any atom is -0.466 e. The summed E-state index contributed by atoms with van der Waals surface area (Å²) in [6.07, 6.45) is 1.16. The van der Waals surface area contributed by atoms with Gasteiger partial charge in [0.15, 0.2) is 0 Å². The first kappa shape index (κ1) is 9.45. The average molecular weight is 204 g/mol. The van der Waals surface area contributed by atoms with Crippen LogP contribution in [0.1, 0.15) is 15.9 Å². The molecule has 0 radical (unpaired) electrons. The Labute approximate surface area is 86.1 Å². The van der Waals surface area contributed by atoms with Crippen LogP contribution in [0.5, 0.6) is 0 Å². The Kier molecular flexibility index (Phi) is 2.25. The van der Waals surface area contributed by atoms with E-state index in [1.807, 2.05) is 0 Å². The highest BCUT2D eigenvalue weighted by Gasteiger charge is 2.26. The van der Waals surface area contributed by atoms with Crippen molar-refractivity contribution in [3.8, 4) is 0 Å². The van der Waals surface area contributed by atoms with Crippen molar-refractivity contribution in [2.24, 2.45) is 0 Å². The van der Waals surface area contributed by atoms with E-state index in [-0.39, 0.29) is 5.76 Å². The molecule has 0 saturated carbocycles. The number of esters is 2. The number of fused-ring (bicyclic) bond motifs is 1. The van der Waals surface area contributed by atoms with Crippen molar-refractivity contribution in [3.05, 3.63) is 41.5 Å². The first-order chi connectivity index (χ1) is 7.22. The Hall–Kier alpha value is -2.10. The third-order valence-corrected chi connectivity index (χ3v) is 2.07. The molecule has 0 bridgehead atoms. The number of methoxy groups -OCH3 is 1. The highest BCUT2D eigenvalue weighted by molar-refractivity contribution is 6.05. The third kappa shape index (κ3) is 1.61. The van der Waals surface area contributed by atoms with Crippen LogP contribution in [-0.4, -0.2) is 19.0 Å². The molecule has 0 amide bonds. The van der Waals surface area contributed by atoms with Gasteiger partial charge in [0.05, 0.1) is 18.7 Å². The molecule has 0 saturated heterocycles. The first-order valence-electron chi connectivity index (χ1n) is 4.33. The number of cyclic esters (lactones) is 1. The van der Waals surface area contributed by atoms with Crippen molar-refractivity contribution in [1.29, 1.82) is 0 Å². The van der Waals surface area contributed by atoms with Crippen LogP contribution in [0.25, 0.3) is 5.76 Å². The fraction of sp³-hybridized carbons (Fsp3) is 0.0909. The zero-order valence-electron chi connectivity index (χ0n) is 8.02. The average Bonchev–Trinajstić information content (AvgIpc) is 2.57. The molecule has 76 valence electrons. The Balaban J connectivity index is 2.45. The van der Waals surface area contributed by atoms with E-state index in [4.69, 9.17) is 4.74 Å². The number of hydrogen-bond acceptors (Lipinski definition) is 4. The lowest BCUT2D eigenvalue weighted by Crippen LogP contribution is -1.97. The lowest BCUT2D eigenvalue weighted by Gasteiger charge is -1.96. The van der Waals surface area contributed by atoms with Gasteiger partial charge < -0.3 is 9.47 Å². The Bertz CT molecular complexity index is 459. The normalized spacial score (nSPS) is 16.1. The number of hydrogen-bond donors (Lipinski definition) is 0. The van der Waals surface area contributed by atoms with Crippen molar-refractivity contribution in [2.45, 2.75) is 0 Å². The molecule has 1 aliphatic rings. The maximum Gasteiger partial charge on any atom is 0.344 e. The van der Waals surface area contributed by atoms with E-state index in [2.05, 4.69) is 4.74 Å². The predicted octanol–water partition coefficient (Wildman–Crippen LogP) is 1.37. The van der Waals surface area contributed by atoms with Crippen LogP contribution in [0.4, 0.5) is 0 Å². The van der Waals surface area contributed by atoms with Crippen molar-refractivity contribution in [1.82, 2.24) is 0 Å². The van der Waals surface area contributed by atoms with Crippen LogP contribution in [0.15, 0.2) is 30.3 Å². The van der Waals surface area contributed by atoms with E-state index in [9.17, 15) is 9.59 Å². The Morgan fingerprint density at radius 2 is 2.00 bits per heavy atom. The smallest absolute Gasteiger partial charge is 0.344 e. The molecule has 15 heavy (non-hydrogen) atoms. The van der Waals surface area contributed by atoms with E-state index in [1.165, 1.54) is 7.11 Å². The second-order valence-electron chi connectivity index (χ2n) is 2.97. The molecule has 0 aliphatic carbocycles. The van der Waals surface area contributed by atoms with E-state index in [0.29, 0.717) is 11.1 Å². The van der Waals surface area contributed by atoms with Crippen LogP contribution < -0.4 is 0 Å². The lowest BCUT2D eigenvalue weighted by molar-refractivity contribution is -0.134. The van der Waals surface area contributed by atoms with Crippen molar-refractivity contribution < 1.29 is 19.1 Å². The van der Waals surface area contributed by atoms with Gasteiger partial charge in [-0.15, -0.1) is 0 Å². The third-order valence-electron chi connectivity index (χ3n) is 2.07. The molecular formula is C11H8O4. The van der Waals surface area contributed by atoms with Gasteiger partial charge in [-0.1, -0.05) is 18.2 Å². The summed E-state index contributed by atoms with van der Waals surface area (Å²) in [6, 6.07) is 6.87. The summed E-state index contributed by atoms with van der Waals surface area (Å²) < 4.78 is 9.38. The van der Waals surface area contributed by atoms with Gasteiger partial charge in [0.1, 0.15) is 5.76 Å². The van der Waals surface area contributed by atoms with Gasteiger partial charge in [-0.2, -0.15) is 0 Å². The minimum atomic E-state index is -0.547. The molecule has 0 spiro atoms. The van der Waals surface area contributed by atoms with Crippen molar-refractivity contribution in [2.75, 3.05) is 7.11 Å². The Morgan fingerprint density at radius 1 is 1.33 bits per heavy atom. The summed E-state index contributed by atoms with van der Waals surface area (Å²) in [6.45, 7) is 0. The molecule has 4 heteroatoms. The summed E-state index contributed by atoms with van der Waals surface area (Å²) in [5, 5.41) is 0. The molecule has 1 heterocycles. The second-order valence-corrected chi connectivity index (χ2v) is 2.97. The quantitative estimate of drug-likeness (QED) is 0.512. The van der Waals surface area contributed by atoms with Crippen LogP contribution >= 0.6 is 0 Å². The fourth-order valence-electron chi connectivity index (χ4n) is 1.36. The topological polar surface area (TPSA) is 52.6 Å². The van der Waals surface area contributed by atoms with Crippen LogP contribution in [0.3, 0.4) is 0 Å². The second kappa shape index (κ2) is 3.57. The fourth-order valence-corrected chi connectivity index (χ4v) is 1.36. The highest BCUT2D eigenvalue weighted by atomic mass is 16.5. The van der Waals surface area contributed by atoms with Crippen LogP contribution in [0.2, 0.25) is 0 Å². The van der Waals surface area contributed by atoms with Crippen molar-refractivity contribution in [3.63, 3.8) is 0 Å². The molecule has 0 unspecified atom stereocenters. The number of carbonyl (C=O) groups excluding carboxylic acids is 2. The van der Waals surface area contributed by atoms with Gasteiger partial charge in [-0.25, -0.2) is 9.59 Å². The van der Waals surface area contributed by atoms with Gasteiger partial charge >= 0.3 is 11.9 Å². The first-order valence-corrected chi connectivity index (χ1v) is 4.33. The molecule has 2 rings (SSSR count). The van der Waals surface area contributed by atoms with Gasteiger partial charge in [-0.3, -0.25) is 0 Å². The lowest BCUT2D eigenvalue weighted by atomic mass is 10.1. The van der Waals surface area contributed by atoms with Gasteiger partial charge in [-0.05, 0) is 6.07 Å². The highest BCUT2D eigenvalue weighted by Crippen LogP contribution is 2.28. The zero-order valence-corrected chi connectivity index (χ0v) is 8.02. The van der Waals surface area contributed by atoms with E-state index >= 15 is 0 Å². The molecule has 0 atom stereocenters. The number of benzene rings is 1. The van der Waals surface area contributed by atoms with Gasteiger partial charge in [0.2, 0.25) is 0 Å². The maximum absolute atomic E-state index is 11.3. The maximum atomic E-state index is 11.3. The number of carbonyl (C=O) groups is 2. The molecule has 1 aromatic carbocycles. The summed E-state index contributed by atoms with van der Waals surface area (Å²) in [7, 11) is 1.27. The van der Waals surface area contributed by atoms with E-state index in [1.54, 1.807) is 24.3 Å². The zero-order chi connectivity index (χ0) is 10.8. The predicted molar refractivity (Wildman–Crippen MR) is 51.9 cm³/mol. The molecular weight excluding hydrogens is 196 g/mol. The standard InChI is InChI=1S/C11H8O4/c1-14-10(12)6-9-7-4-2-3-5-8(7)11(13)15-9/h2-6H,1H3. The molecule has 1 aromatic rings. The SMILES string of the molecule is COC(=O)C=C1OC(=O)c2ccccc21. The van der Waals surface area contributed by atoms with E-state index < -0.39 is 11.9 Å². The summed E-state index contributed by atoms with van der Waals surface area (Å²) in [5.41, 5.74) is 1.08. The summed E-state index contributed by atoms with van der Waals surface area (Å²) in [5.74, 6) is -0.752. The molecule has 4 nitrogen and oxygen atoms in total. The van der Waals surface area contributed by atoms with Crippen LogP contribution in [-0.2, 0) is 14.3 Å². The van der Waals surface area contributed by atoms with E-state index in [0.717, 1.165) is 6.08 Å². The van der Waals surface area contributed by atoms with Crippen LogP contribution in [0, 0.1) is 0 Å². The molecule has 1 aliphatic heterocycles. The molecule has 0 fully saturated rings. The summed E-state index contributed by atoms with van der Waals surface area (Å²) in [4.78, 5) is 22.3. The van der Waals surface area contributed by atoms with Gasteiger partial charge in [0, 0.05) is 5.56 Å². The molecule has 0 N–H and O–H groups in total.